The summed E-state index contributed by atoms with van der Waals surface area (Å²) in [6, 6.07) is 7.16. The Bertz CT molecular complexity index is 387. The second-order valence-corrected chi connectivity index (χ2v) is 4.88. The van der Waals surface area contributed by atoms with Gasteiger partial charge in [0.05, 0.1) is 26.0 Å². The topological polar surface area (TPSA) is 56.8 Å². The number of para-hydroxylation sites is 2. The van der Waals surface area contributed by atoms with E-state index in [1.807, 2.05) is 12.1 Å². The first-order valence-corrected chi connectivity index (χ1v) is 7.00. The molecule has 0 aromatic heterocycles. The highest BCUT2D eigenvalue weighted by molar-refractivity contribution is 7.55. The van der Waals surface area contributed by atoms with E-state index in [2.05, 4.69) is 5.09 Å². The van der Waals surface area contributed by atoms with Crippen LogP contribution in [0.25, 0.3) is 0 Å². The molecule has 0 aliphatic carbocycles. The van der Waals surface area contributed by atoms with E-state index >= 15 is 0 Å². The van der Waals surface area contributed by atoms with Gasteiger partial charge in [-0.3, -0.25) is 14.1 Å². The van der Waals surface area contributed by atoms with Crippen molar-refractivity contribution in [1.82, 2.24) is 0 Å². The van der Waals surface area contributed by atoms with Gasteiger partial charge in [0.25, 0.3) is 0 Å². The highest BCUT2D eigenvalue weighted by Gasteiger charge is 2.24. The third kappa shape index (κ3) is 4.04. The predicted molar refractivity (Wildman–Crippen MR) is 67.5 cm³/mol. The first-order valence-electron chi connectivity index (χ1n) is 5.45. The second-order valence-electron chi connectivity index (χ2n) is 3.15. The molecule has 0 saturated carbocycles. The molecular weight excluding hydrogens is 241 g/mol. The Balaban J connectivity index is 2.89. The van der Waals surface area contributed by atoms with Crippen molar-refractivity contribution in [1.29, 1.82) is 0 Å². The van der Waals surface area contributed by atoms with Gasteiger partial charge < -0.3 is 4.74 Å². The zero-order chi connectivity index (χ0) is 12.7. The Labute approximate surface area is 102 Å². The zero-order valence-corrected chi connectivity index (χ0v) is 11.2. The molecule has 17 heavy (non-hydrogen) atoms. The molecule has 0 fully saturated rings. The van der Waals surface area contributed by atoms with Gasteiger partial charge in [-0.05, 0) is 26.0 Å². The maximum atomic E-state index is 12.2. The van der Waals surface area contributed by atoms with Crippen LogP contribution in [0.1, 0.15) is 13.8 Å². The van der Waals surface area contributed by atoms with E-state index in [1.54, 1.807) is 33.1 Å². The molecule has 0 amide bonds. The van der Waals surface area contributed by atoms with Crippen LogP contribution in [-0.4, -0.2) is 20.3 Å². The molecule has 0 aliphatic heterocycles. The molecule has 0 saturated heterocycles. The average molecular weight is 259 g/mol. The van der Waals surface area contributed by atoms with Gasteiger partial charge in [-0.1, -0.05) is 12.1 Å². The van der Waals surface area contributed by atoms with Crippen molar-refractivity contribution in [2.24, 2.45) is 0 Å². The van der Waals surface area contributed by atoms with Crippen LogP contribution >= 0.6 is 7.75 Å². The van der Waals surface area contributed by atoms with Crippen LogP contribution in [0.2, 0.25) is 0 Å². The summed E-state index contributed by atoms with van der Waals surface area (Å²) < 4.78 is 27.7. The SMILES string of the molecule is CCOP(=O)(Nc1ccccc1OC)OCC. The van der Waals surface area contributed by atoms with E-state index in [-0.39, 0.29) is 0 Å². The molecule has 96 valence electrons. The van der Waals surface area contributed by atoms with Gasteiger partial charge in [-0.25, -0.2) is 4.57 Å². The molecule has 1 N–H and O–H groups in total. The lowest BCUT2D eigenvalue weighted by molar-refractivity contribution is 0.225. The third-order valence-electron chi connectivity index (χ3n) is 1.96. The van der Waals surface area contributed by atoms with E-state index < -0.39 is 7.75 Å². The Morgan fingerprint density at radius 2 is 1.76 bits per heavy atom. The summed E-state index contributed by atoms with van der Waals surface area (Å²) in [6.07, 6.45) is 0. The monoisotopic (exact) mass is 259 g/mol. The molecule has 0 heterocycles. The van der Waals surface area contributed by atoms with Gasteiger partial charge in [0, 0.05) is 0 Å². The fourth-order valence-corrected chi connectivity index (χ4v) is 2.69. The van der Waals surface area contributed by atoms with Crippen LogP contribution in [0, 0.1) is 0 Å². The molecule has 5 nitrogen and oxygen atoms in total. The van der Waals surface area contributed by atoms with Crippen LogP contribution in [0.5, 0.6) is 5.75 Å². The first kappa shape index (κ1) is 14.0. The predicted octanol–water partition coefficient (Wildman–Crippen LogP) is 3.29. The number of benzene rings is 1. The van der Waals surface area contributed by atoms with Crippen LogP contribution in [0.3, 0.4) is 0 Å². The summed E-state index contributed by atoms with van der Waals surface area (Å²) in [4.78, 5) is 0. The molecule has 0 aliphatic rings. The number of hydrogen-bond donors (Lipinski definition) is 1. The third-order valence-corrected chi connectivity index (χ3v) is 3.67. The van der Waals surface area contributed by atoms with Crippen molar-refractivity contribution in [2.75, 3.05) is 25.4 Å². The molecule has 0 bridgehead atoms. The lowest BCUT2D eigenvalue weighted by Crippen LogP contribution is -2.05. The van der Waals surface area contributed by atoms with Crippen LogP contribution in [-0.2, 0) is 13.6 Å². The zero-order valence-electron chi connectivity index (χ0n) is 10.3. The maximum Gasteiger partial charge on any atom is 0.432 e. The molecule has 0 unspecified atom stereocenters. The number of hydrogen-bond acceptors (Lipinski definition) is 4. The van der Waals surface area contributed by atoms with Crippen LogP contribution < -0.4 is 9.82 Å². The number of methoxy groups -OCH3 is 1. The minimum absolute atomic E-state index is 0.305. The average Bonchev–Trinajstić information content (AvgIpc) is 2.30. The molecule has 0 atom stereocenters. The molecule has 1 aromatic carbocycles. The molecule has 1 aromatic rings. The summed E-state index contributed by atoms with van der Waals surface area (Å²) in [7, 11) is -1.76. The highest BCUT2D eigenvalue weighted by Crippen LogP contribution is 2.49. The fraction of sp³-hybridized carbons (Fsp3) is 0.455. The molecule has 0 radical (unpaired) electrons. The van der Waals surface area contributed by atoms with Crippen LogP contribution in [0.15, 0.2) is 24.3 Å². The largest absolute Gasteiger partial charge is 0.495 e. The van der Waals surface area contributed by atoms with Crippen molar-refractivity contribution < 1.29 is 18.3 Å². The fourth-order valence-electron chi connectivity index (χ4n) is 1.33. The Hall–Kier alpha value is -1.03. The second kappa shape index (κ2) is 6.64. The Kier molecular flexibility index (Phi) is 5.48. The molecule has 0 spiro atoms. The standard InChI is InChI=1S/C11H18NO4P/c1-4-15-17(13,16-5-2)12-10-8-6-7-9-11(10)14-3/h6-9H,4-5H2,1-3H3,(H,12,13). The lowest BCUT2D eigenvalue weighted by Gasteiger charge is -2.19. The van der Waals surface area contributed by atoms with Gasteiger partial charge in [-0.2, -0.15) is 0 Å². The summed E-state index contributed by atoms with van der Waals surface area (Å²) in [6.45, 7) is 4.13. The summed E-state index contributed by atoms with van der Waals surface area (Å²) in [5.74, 6) is 0.590. The number of nitrogens with one attached hydrogen (secondary N) is 1. The minimum Gasteiger partial charge on any atom is -0.495 e. The lowest BCUT2D eigenvalue weighted by atomic mass is 10.3. The highest BCUT2D eigenvalue weighted by atomic mass is 31.2. The van der Waals surface area contributed by atoms with Crippen molar-refractivity contribution in [3.8, 4) is 5.75 Å². The summed E-state index contributed by atoms with van der Waals surface area (Å²) in [5.41, 5.74) is 0.584. The van der Waals surface area contributed by atoms with Gasteiger partial charge in [0.15, 0.2) is 0 Å². The van der Waals surface area contributed by atoms with E-state index in [4.69, 9.17) is 13.8 Å². The van der Waals surface area contributed by atoms with Gasteiger partial charge >= 0.3 is 7.75 Å². The van der Waals surface area contributed by atoms with Crippen molar-refractivity contribution in [3.63, 3.8) is 0 Å². The Morgan fingerprint density at radius 1 is 1.18 bits per heavy atom. The van der Waals surface area contributed by atoms with Crippen molar-refractivity contribution >= 4 is 13.4 Å². The maximum absolute atomic E-state index is 12.2. The van der Waals surface area contributed by atoms with Crippen molar-refractivity contribution in [2.45, 2.75) is 13.8 Å². The Morgan fingerprint density at radius 3 is 2.29 bits per heavy atom. The smallest absolute Gasteiger partial charge is 0.432 e. The van der Waals surface area contributed by atoms with Crippen molar-refractivity contribution in [3.05, 3.63) is 24.3 Å². The van der Waals surface area contributed by atoms with E-state index in [0.29, 0.717) is 24.7 Å². The number of ether oxygens (including phenoxy) is 1. The molecule has 1 rings (SSSR count). The normalized spacial score (nSPS) is 11.2. The summed E-state index contributed by atoms with van der Waals surface area (Å²) in [5, 5.41) is 2.76. The molecule has 6 heteroatoms. The number of anilines is 1. The first-order chi connectivity index (χ1) is 8.15. The van der Waals surface area contributed by atoms with Gasteiger partial charge in [0.2, 0.25) is 0 Å². The van der Waals surface area contributed by atoms with E-state index in [0.717, 1.165) is 0 Å². The summed E-state index contributed by atoms with van der Waals surface area (Å²) >= 11 is 0. The molecular formula is C11H18NO4P. The van der Waals surface area contributed by atoms with E-state index in [1.165, 1.54) is 0 Å². The minimum atomic E-state index is -3.31. The number of rotatable bonds is 7. The van der Waals surface area contributed by atoms with Crippen LogP contribution in [0.4, 0.5) is 5.69 Å². The van der Waals surface area contributed by atoms with Gasteiger partial charge in [0.1, 0.15) is 5.75 Å². The quantitative estimate of drug-likeness (QED) is 0.761. The van der Waals surface area contributed by atoms with E-state index in [9.17, 15) is 4.57 Å². The van der Waals surface area contributed by atoms with Gasteiger partial charge in [-0.15, -0.1) is 0 Å².